The summed E-state index contributed by atoms with van der Waals surface area (Å²) in [7, 11) is 0. The van der Waals surface area contributed by atoms with E-state index in [4.69, 9.17) is 10.5 Å². The van der Waals surface area contributed by atoms with E-state index in [0.29, 0.717) is 17.8 Å². The van der Waals surface area contributed by atoms with E-state index in [1.807, 2.05) is 24.3 Å². The number of anilines is 1. The van der Waals surface area contributed by atoms with Gasteiger partial charge >= 0.3 is 0 Å². The van der Waals surface area contributed by atoms with E-state index in [-0.39, 0.29) is 11.3 Å². The Kier molecular flexibility index (Phi) is 4.13. The van der Waals surface area contributed by atoms with Crippen molar-refractivity contribution in [2.75, 3.05) is 5.32 Å². The lowest BCUT2D eigenvalue weighted by atomic mass is 10.1. The van der Waals surface area contributed by atoms with Crippen LogP contribution < -0.4 is 5.32 Å². The molecular formula is C15H10N4O2. The summed E-state index contributed by atoms with van der Waals surface area (Å²) in [6.07, 6.45) is 0. The van der Waals surface area contributed by atoms with Crippen LogP contribution in [0.5, 0.6) is 0 Å². The molecule has 2 rings (SSSR count). The van der Waals surface area contributed by atoms with Crippen molar-refractivity contribution in [2.45, 2.75) is 6.54 Å². The van der Waals surface area contributed by atoms with Gasteiger partial charge in [-0.15, -0.1) is 0 Å². The van der Waals surface area contributed by atoms with Gasteiger partial charge in [0.25, 0.3) is 5.69 Å². The van der Waals surface area contributed by atoms with E-state index >= 15 is 0 Å². The summed E-state index contributed by atoms with van der Waals surface area (Å²) in [5, 5.41) is 31.5. The molecule has 6 nitrogen and oxygen atoms in total. The summed E-state index contributed by atoms with van der Waals surface area (Å²) < 4.78 is 0. The van der Waals surface area contributed by atoms with Crippen LogP contribution in [0.2, 0.25) is 0 Å². The number of nitriles is 2. The first-order chi connectivity index (χ1) is 10.1. The van der Waals surface area contributed by atoms with Crippen LogP contribution in [-0.2, 0) is 6.54 Å². The van der Waals surface area contributed by atoms with Gasteiger partial charge in [0.1, 0.15) is 11.6 Å². The van der Waals surface area contributed by atoms with Gasteiger partial charge < -0.3 is 5.32 Å². The Morgan fingerprint density at radius 2 is 1.81 bits per heavy atom. The molecule has 0 amide bonds. The van der Waals surface area contributed by atoms with Crippen LogP contribution in [0.3, 0.4) is 0 Å². The van der Waals surface area contributed by atoms with E-state index in [0.717, 1.165) is 5.56 Å². The zero-order valence-electron chi connectivity index (χ0n) is 10.9. The third-order valence-corrected chi connectivity index (χ3v) is 2.89. The van der Waals surface area contributed by atoms with Gasteiger partial charge in [0.05, 0.1) is 16.6 Å². The van der Waals surface area contributed by atoms with E-state index in [1.54, 1.807) is 18.2 Å². The number of hydrogen-bond acceptors (Lipinski definition) is 5. The van der Waals surface area contributed by atoms with Gasteiger partial charge in [0.15, 0.2) is 0 Å². The van der Waals surface area contributed by atoms with Gasteiger partial charge in [-0.2, -0.15) is 10.5 Å². The summed E-state index contributed by atoms with van der Waals surface area (Å²) in [5.41, 5.74) is 1.99. The first-order valence-electron chi connectivity index (χ1n) is 6.05. The average molecular weight is 278 g/mol. The molecule has 2 aromatic carbocycles. The largest absolute Gasteiger partial charge is 0.381 e. The van der Waals surface area contributed by atoms with Crippen LogP contribution >= 0.6 is 0 Å². The molecule has 0 fully saturated rings. The summed E-state index contributed by atoms with van der Waals surface area (Å²) >= 11 is 0. The minimum atomic E-state index is -0.580. The molecule has 0 aliphatic carbocycles. The summed E-state index contributed by atoms with van der Waals surface area (Å²) in [4.78, 5) is 10.2. The van der Waals surface area contributed by atoms with Crippen molar-refractivity contribution >= 4 is 11.4 Å². The van der Waals surface area contributed by atoms with Crippen LogP contribution in [-0.4, -0.2) is 4.92 Å². The molecular weight excluding hydrogens is 268 g/mol. The van der Waals surface area contributed by atoms with Gasteiger partial charge in [0.2, 0.25) is 0 Å². The van der Waals surface area contributed by atoms with Gasteiger partial charge in [-0.3, -0.25) is 10.1 Å². The first kappa shape index (κ1) is 14.0. The molecule has 0 radical (unpaired) electrons. The molecule has 0 aliphatic rings. The highest BCUT2D eigenvalue weighted by Gasteiger charge is 2.13. The van der Waals surface area contributed by atoms with Crippen LogP contribution in [0.15, 0.2) is 42.5 Å². The quantitative estimate of drug-likeness (QED) is 0.684. The van der Waals surface area contributed by atoms with Gasteiger partial charge in [-0.25, -0.2) is 0 Å². The molecule has 102 valence electrons. The molecule has 0 saturated carbocycles. The molecule has 0 saturated heterocycles. The summed E-state index contributed by atoms with van der Waals surface area (Å²) in [6.45, 7) is 0.494. The molecule has 1 N–H and O–H groups in total. The number of rotatable bonds is 4. The SMILES string of the molecule is N#Cc1ccc(CNc2ccc([N+](=O)[O-])c(C#N)c2)cc1. The number of hydrogen-bond donors (Lipinski definition) is 1. The Hall–Kier alpha value is -3.38. The molecule has 0 atom stereocenters. The highest BCUT2D eigenvalue weighted by molar-refractivity contribution is 5.58. The second kappa shape index (κ2) is 6.18. The standard InChI is InChI=1S/C15H10N4O2/c16-8-11-1-3-12(4-2-11)10-18-14-5-6-15(19(20)21)13(7-14)9-17/h1-7,18H,10H2. The van der Waals surface area contributed by atoms with Crippen LogP contribution in [0.25, 0.3) is 0 Å². The fourth-order valence-corrected chi connectivity index (χ4v) is 1.80. The van der Waals surface area contributed by atoms with Crippen molar-refractivity contribution in [1.29, 1.82) is 10.5 Å². The number of nitro groups is 1. The molecule has 21 heavy (non-hydrogen) atoms. The second-order valence-electron chi connectivity index (χ2n) is 4.26. The third-order valence-electron chi connectivity index (χ3n) is 2.89. The average Bonchev–Trinajstić information content (AvgIpc) is 2.52. The number of nitrogens with zero attached hydrogens (tertiary/aromatic N) is 3. The maximum absolute atomic E-state index is 10.7. The topological polar surface area (TPSA) is 103 Å². The highest BCUT2D eigenvalue weighted by Crippen LogP contribution is 2.22. The smallest absolute Gasteiger partial charge is 0.287 e. The lowest BCUT2D eigenvalue weighted by molar-refractivity contribution is -0.385. The first-order valence-corrected chi connectivity index (χ1v) is 6.05. The normalized spacial score (nSPS) is 9.43. The Morgan fingerprint density at radius 3 is 2.38 bits per heavy atom. The summed E-state index contributed by atoms with van der Waals surface area (Å²) in [5.74, 6) is 0. The lowest BCUT2D eigenvalue weighted by Gasteiger charge is -2.07. The van der Waals surface area contributed by atoms with E-state index in [1.165, 1.54) is 12.1 Å². The predicted molar refractivity (Wildman–Crippen MR) is 76.3 cm³/mol. The molecule has 0 heterocycles. The van der Waals surface area contributed by atoms with Crippen molar-refractivity contribution in [3.63, 3.8) is 0 Å². The second-order valence-corrected chi connectivity index (χ2v) is 4.26. The van der Waals surface area contributed by atoms with Crippen LogP contribution in [0.4, 0.5) is 11.4 Å². The number of nitro benzene ring substituents is 1. The fourth-order valence-electron chi connectivity index (χ4n) is 1.80. The molecule has 0 aromatic heterocycles. The van der Waals surface area contributed by atoms with Crippen molar-refractivity contribution in [1.82, 2.24) is 0 Å². The van der Waals surface area contributed by atoms with Crippen LogP contribution in [0.1, 0.15) is 16.7 Å². The molecule has 0 unspecified atom stereocenters. The minimum Gasteiger partial charge on any atom is -0.381 e. The van der Waals surface area contributed by atoms with Crippen molar-refractivity contribution in [2.24, 2.45) is 0 Å². The zero-order chi connectivity index (χ0) is 15.2. The van der Waals surface area contributed by atoms with E-state index < -0.39 is 4.92 Å². The molecule has 0 aliphatic heterocycles. The highest BCUT2D eigenvalue weighted by atomic mass is 16.6. The maximum atomic E-state index is 10.7. The van der Waals surface area contributed by atoms with E-state index in [9.17, 15) is 10.1 Å². The van der Waals surface area contributed by atoms with Crippen LogP contribution in [0, 0.1) is 32.8 Å². The van der Waals surface area contributed by atoms with Gasteiger partial charge in [0, 0.05) is 18.3 Å². The van der Waals surface area contributed by atoms with Crippen molar-refractivity contribution in [3.8, 4) is 12.1 Å². The van der Waals surface area contributed by atoms with Crippen molar-refractivity contribution < 1.29 is 4.92 Å². The molecule has 2 aromatic rings. The van der Waals surface area contributed by atoms with Crippen molar-refractivity contribution in [3.05, 3.63) is 69.3 Å². The molecule has 0 spiro atoms. The molecule has 6 heteroatoms. The predicted octanol–water partition coefficient (Wildman–Crippen LogP) is 2.95. The summed E-state index contributed by atoms with van der Waals surface area (Å²) in [6, 6.07) is 15.2. The Morgan fingerprint density at radius 1 is 1.10 bits per heavy atom. The minimum absolute atomic E-state index is 0.0184. The van der Waals surface area contributed by atoms with Gasteiger partial charge in [-0.1, -0.05) is 12.1 Å². The maximum Gasteiger partial charge on any atom is 0.287 e. The molecule has 0 bridgehead atoms. The number of benzene rings is 2. The zero-order valence-corrected chi connectivity index (χ0v) is 10.9. The van der Waals surface area contributed by atoms with E-state index in [2.05, 4.69) is 5.32 Å². The fraction of sp³-hybridized carbons (Fsp3) is 0.0667. The van der Waals surface area contributed by atoms with Gasteiger partial charge in [-0.05, 0) is 29.8 Å². The monoisotopic (exact) mass is 278 g/mol. The Bertz CT molecular complexity index is 755. The Labute approximate surface area is 121 Å². The lowest BCUT2D eigenvalue weighted by Crippen LogP contribution is -2.00. The Balaban J connectivity index is 2.11. The number of nitrogens with one attached hydrogen (secondary N) is 1. The third kappa shape index (κ3) is 3.34.